The first-order valence-corrected chi connectivity index (χ1v) is 5.57. The minimum atomic E-state index is -0.565. The Morgan fingerprint density at radius 2 is 2.24 bits per heavy atom. The maximum Gasteiger partial charge on any atom is 0.241 e. The number of nitrogens with one attached hydrogen (secondary N) is 1. The number of anilines is 1. The second kappa shape index (κ2) is 4.69. The third-order valence-electron chi connectivity index (χ3n) is 2.39. The van der Waals surface area contributed by atoms with E-state index in [-0.39, 0.29) is 5.91 Å². The third-order valence-corrected chi connectivity index (χ3v) is 2.72. The van der Waals surface area contributed by atoms with Crippen LogP contribution in [0.1, 0.15) is 6.92 Å². The summed E-state index contributed by atoms with van der Waals surface area (Å²) in [5, 5.41) is 4.13. The van der Waals surface area contributed by atoms with Gasteiger partial charge in [-0.2, -0.15) is 0 Å². The van der Waals surface area contributed by atoms with Crippen molar-refractivity contribution in [2.24, 2.45) is 5.73 Å². The topological polar surface area (TPSA) is 68.0 Å². The zero-order valence-corrected chi connectivity index (χ0v) is 10.0. The van der Waals surface area contributed by atoms with Gasteiger partial charge in [-0.15, -0.1) is 0 Å². The molecule has 4 nitrogen and oxygen atoms in total. The highest BCUT2D eigenvalue weighted by Gasteiger charge is 2.11. The van der Waals surface area contributed by atoms with Crippen molar-refractivity contribution in [3.8, 4) is 0 Å². The lowest BCUT2D eigenvalue weighted by Crippen LogP contribution is -2.32. The number of nitrogens with two attached hydrogens (primary N) is 1. The van der Waals surface area contributed by atoms with E-state index in [2.05, 4.69) is 10.3 Å². The van der Waals surface area contributed by atoms with Crippen molar-refractivity contribution >= 4 is 34.1 Å². The van der Waals surface area contributed by atoms with Gasteiger partial charge in [0.05, 0.1) is 22.3 Å². The molecule has 1 atom stereocenters. The Morgan fingerprint density at radius 1 is 1.47 bits per heavy atom. The number of hydrogen-bond acceptors (Lipinski definition) is 3. The average Bonchev–Trinajstić information content (AvgIpc) is 2.33. The van der Waals surface area contributed by atoms with E-state index in [4.69, 9.17) is 17.3 Å². The Labute approximate surface area is 104 Å². The number of amides is 1. The number of pyridine rings is 1. The molecule has 0 fully saturated rings. The molecule has 2 rings (SSSR count). The summed E-state index contributed by atoms with van der Waals surface area (Å²) >= 11 is 6.05. The third kappa shape index (κ3) is 2.38. The molecule has 1 amide bonds. The van der Waals surface area contributed by atoms with Gasteiger partial charge in [-0.1, -0.05) is 11.6 Å². The molecule has 88 valence electrons. The van der Waals surface area contributed by atoms with E-state index in [1.54, 1.807) is 31.3 Å². The van der Waals surface area contributed by atoms with Gasteiger partial charge in [-0.25, -0.2) is 0 Å². The summed E-state index contributed by atoms with van der Waals surface area (Å²) in [6.07, 6.45) is 1.65. The molecular formula is C12H12ClN3O. The summed E-state index contributed by atoms with van der Waals surface area (Å²) in [6, 6.07) is 6.53. The monoisotopic (exact) mass is 249 g/mol. The quantitative estimate of drug-likeness (QED) is 0.857. The van der Waals surface area contributed by atoms with E-state index in [0.717, 1.165) is 5.39 Å². The number of halogens is 1. The van der Waals surface area contributed by atoms with E-state index < -0.39 is 6.04 Å². The average molecular weight is 250 g/mol. The van der Waals surface area contributed by atoms with E-state index >= 15 is 0 Å². The Kier molecular flexibility index (Phi) is 3.26. The molecule has 0 saturated carbocycles. The van der Waals surface area contributed by atoms with Gasteiger partial charge in [0.25, 0.3) is 0 Å². The van der Waals surface area contributed by atoms with E-state index in [9.17, 15) is 4.79 Å². The molecule has 2 aromatic rings. The molecule has 3 N–H and O–H groups in total. The second-order valence-electron chi connectivity index (χ2n) is 3.77. The van der Waals surface area contributed by atoms with E-state index in [1.165, 1.54) is 0 Å². The SMILES string of the molecule is C[C@@H](N)C(=O)Nc1ccc(Cl)c2cccnc12. The van der Waals surface area contributed by atoms with Crippen LogP contribution in [-0.2, 0) is 4.79 Å². The Morgan fingerprint density at radius 3 is 2.94 bits per heavy atom. The first-order chi connectivity index (χ1) is 8.09. The second-order valence-corrected chi connectivity index (χ2v) is 4.18. The standard InChI is InChI=1S/C12H12ClN3O/c1-7(14)12(17)16-10-5-4-9(13)8-3-2-6-15-11(8)10/h2-7H,14H2,1H3,(H,16,17)/t7-/m1/s1. The highest BCUT2D eigenvalue weighted by Crippen LogP contribution is 2.27. The van der Waals surface area contributed by atoms with Crippen LogP contribution >= 0.6 is 11.6 Å². The largest absolute Gasteiger partial charge is 0.323 e. The van der Waals surface area contributed by atoms with Crippen LogP contribution in [0.3, 0.4) is 0 Å². The Balaban J connectivity index is 2.48. The summed E-state index contributed by atoms with van der Waals surface area (Å²) in [6.45, 7) is 1.63. The molecule has 17 heavy (non-hydrogen) atoms. The number of nitrogens with zero attached hydrogens (tertiary/aromatic N) is 1. The molecule has 0 aliphatic rings. The minimum absolute atomic E-state index is 0.251. The van der Waals surface area contributed by atoms with Gasteiger partial charge >= 0.3 is 0 Å². The normalized spacial score (nSPS) is 12.4. The summed E-state index contributed by atoms with van der Waals surface area (Å²) in [5.74, 6) is -0.251. The van der Waals surface area contributed by atoms with Crippen molar-refractivity contribution in [3.63, 3.8) is 0 Å². The van der Waals surface area contributed by atoms with Crippen LogP contribution in [0, 0.1) is 0 Å². The number of fused-ring (bicyclic) bond motifs is 1. The predicted molar refractivity (Wildman–Crippen MR) is 69.0 cm³/mol. The lowest BCUT2D eigenvalue weighted by Gasteiger charge is -2.10. The zero-order valence-electron chi connectivity index (χ0n) is 9.27. The van der Waals surface area contributed by atoms with Crippen molar-refractivity contribution < 1.29 is 4.79 Å². The van der Waals surface area contributed by atoms with Crippen LogP contribution in [0.15, 0.2) is 30.5 Å². The van der Waals surface area contributed by atoms with E-state index in [1.807, 2.05) is 6.07 Å². The Hall–Kier alpha value is -1.65. The van der Waals surface area contributed by atoms with Crippen LogP contribution in [0.4, 0.5) is 5.69 Å². The molecule has 0 saturated heterocycles. The molecule has 0 aliphatic heterocycles. The fourth-order valence-corrected chi connectivity index (χ4v) is 1.70. The van der Waals surface area contributed by atoms with Crippen LogP contribution < -0.4 is 11.1 Å². The fourth-order valence-electron chi connectivity index (χ4n) is 1.49. The minimum Gasteiger partial charge on any atom is -0.323 e. The van der Waals surface area contributed by atoms with E-state index in [0.29, 0.717) is 16.2 Å². The molecule has 0 spiro atoms. The number of rotatable bonds is 2. The summed E-state index contributed by atoms with van der Waals surface area (Å²) in [5.41, 5.74) is 6.78. The molecule has 1 aromatic carbocycles. The van der Waals surface area contributed by atoms with Crippen molar-refractivity contribution in [3.05, 3.63) is 35.5 Å². The molecule has 0 aliphatic carbocycles. The van der Waals surface area contributed by atoms with Gasteiger partial charge < -0.3 is 11.1 Å². The molecule has 0 unspecified atom stereocenters. The molecule has 0 radical (unpaired) electrons. The first-order valence-electron chi connectivity index (χ1n) is 5.19. The van der Waals surface area contributed by atoms with Crippen molar-refractivity contribution in [2.75, 3.05) is 5.32 Å². The van der Waals surface area contributed by atoms with Crippen LogP contribution in [0.25, 0.3) is 10.9 Å². The molecule has 1 heterocycles. The number of hydrogen-bond donors (Lipinski definition) is 2. The fraction of sp³-hybridized carbons (Fsp3) is 0.167. The van der Waals surface area contributed by atoms with Gasteiger partial charge in [0.15, 0.2) is 0 Å². The first kappa shape index (κ1) is 11.8. The number of aromatic nitrogens is 1. The van der Waals surface area contributed by atoms with Gasteiger partial charge in [0.2, 0.25) is 5.91 Å². The molecular weight excluding hydrogens is 238 g/mol. The summed E-state index contributed by atoms with van der Waals surface area (Å²) in [4.78, 5) is 15.8. The summed E-state index contributed by atoms with van der Waals surface area (Å²) < 4.78 is 0. The van der Waals surface area contributed by atoms with Crippen molar-refractivity contribution in [1.82, 2.24) is 4.98 Å². The maximum absolute atomic E-state index is 11.5. The molecule has 0 bridgehead atoms. The van der Waals surface area contributed by atoms with Gasteiger partial charge in [0, 0.05) is 11.6 Å². The highest BCUT2D eigenvalue weighted by atomic mass is 35.5. The van der Waals surface area contributed by atoms with Gasteiger partial charge in [0.1, 0.15) is 0 Å². The maximum atomic E-state index is 11.5. The van der Waals surface area contributed by atoms with Crippen LogP contribution in [0.5, 0.6) is 0 Å². The number of carbonyl (C=O) groups excluding carboxylic acids is 1. The lowest BCUT2D eigenvalue weighted by atomic mass is 10.2. The lowest BCUT2D eigenvalue weighted by molar-refractivity contribution is -0.117. The molecule has 1 aromatic heterocycles. The van der Waals surface area contributed by atoms with Crippen LogP contribution in [-0.4, -0.2) is 16.9 Å². The smallest absolute Gasteiger partial charge is 0.241 e. The predicted octanol–water partition coefficient (Wildman–Crippen LogP) is 2.17. The number of benzene rings is 1. The van der Waals surface area contributed by atoms with Gasteiger partial charge in [-0.3, -0.25) is 9.78 Å². The zero-order chi connectivity index (χ0) is 12.4. The Bertz CT molecular complexity index is 569. The highest BCUT2D eigenvalue weighted by molar-refractivity contribution is 6.35. The van der Waals surface area contributed by atoms with Crippen LogP contribution in [0.2, 0.25) is 5.02 Å². The number of carbonyl (C=O) groups is 1. The van der Waals surface area contributed by atoms with Crippen molar-refractivity contribution in [2.45, 2.75) is 13.0 Å². The molecule has 5 heteroatoms. The summed E-state index contributed by atoms with van der Waals surface area (Å²) in [7, 11) is 0. The van der Waals surface area contributed by atoms with Crippen molar-refractivity contribution in [1.29, 1.82) is 0 Å². The van der Waals surface area contributed by atoms with Gasteiger partial charge in [-0.05, 0) is 31.2 Å².